The Morgan fingerprint density at radius 2 is 1.73 bits per heavy atom. The zero-order chi connectivity index (χ0) is 16.3. The number of sulfonamides is 1. The molecule has 0 saturated carbocycles. The predicted octanol–water partition coefficient (Wildman–Crippen LogP) is 2.29. The monoisotopic (exact) mass is 322 g/mol. The third kappa shape index (κ3) is 3.43. The van der Waals surface area contributed by atoms with Gasteiger partial charge in [-0.25, -0.2) is 12.8 Å². The van der Waals surface area contributed by atoms with Gasteiger partial charge in [-0.3, -0.25) is 9.52 Å². The molecular formula is C15H15FN2O3S. The summed E-state index contributed by atoms with van der Waals surface area (Å²) in [4.78, 5) is 11.0. The number of rotatable bonds is 4. The summed E-state index contributed by atoms with van der Waals surface area (Å²) in [7, 11) is -2.53. The molecule has 0 aromatic heterocycles. The molecule has 0 atom stereocenters. The Hall–Kier alpha value is -2.41. The lowest BCUT2D eigenvalue weighted by Crippen LogP contribution is -2.18. The number of hydrogen-bond donors (Lipinski definition) is 2. The maximum Gasteiger partial charge on any atom is 0.264 e. The molecule has 0 radical (unpaired) electrons. The highest BCUT2D eigenvalue weighted by atomic mass is 32.2. The number of aryl methyl sites for hydroxylation is 1. The van der Waals surface area contributed by atoms with Crippen LogP contribution in [0.5, 0.6) is 0 Å². The summed E-state index contributed by atoms with van der Waals surface area (Å²) >= 11 is 0. The molecule has 2 rings (SSSR count). The van der Waals surface area contributed by atoms with Crippen LogP contribution in [0.25, 0.3) is 0 Å². The summed E-state index contributed by atoms with van der Waals surface area (Å²) in [6, 6.07) is 9.69. The van der Waals surface area contributed by atoms with Crippen LogP contribution >= 0.6 is 0 Å². The van der Waals surface area contributed by atoms with Gasteiger partial charge in [-0.15, -0.1) is 0 Å². The zero-order valence-corrected chi connectivity index (χ0v) is 12.9. The summed E-state index contributed by atoms with van der Waals surface area (Å²) < 4.78 is 40.4. The Bertz CT molecular complexity index is 802. The fourth-order valence-corrected chi connectivity index (χ4v) is 3.08. The van der Waals surface area contributed by atoms with Gasteiger partial charge in [-0.1, -0.05) is 6.07 Å². The Morgan fingerprint density at radius 3 is 2.32 bits per heavy atom. The molecule has 2 N–H and O–H groups in total. The van der Waals surface area contributed by atoms with Crippen LogP contribution in [0.2, 0.25) is 0 Å². The average molecular weight is 322 g/mol. The lowest BCUT2D eigenvalue weighted by molar-refractivity contribution is 0.0963. The molecule has 0 bridgehead atoms. The van der Waals surface area contributed by atoms with Gasteiger partial charge in [-0.2, -0.15) is 0 Å². The first kappa shape index (κ1) is 16.0. The van der Waals surface area contributed by atoms with Crippen molar-refractivity contribution in [1.82, 2.24) is 5.32 Å². The fourth-order valence-electron chi connectivity index (χ4n) is 1.86. The van der Waals surface area contributed by atoms with Crippen molar-refractivity contribution < 1.29 is 17.6 Å². The molecule has 7 heteroatoms. The molecule has 2 aromatic carbocycles. The van der Waals surface area contributed by atoms with E-state index in [0.29, 0.717) is 11.1 Å². The van der Waals surface area contributed by atoms with Crippen molar-refractivity contribution in [1.29, 1.82) is 0 Å². The van der Waals surface area contributed by atoms with E-state index >= 15 is 0 Å². The zero-order valence-electron chi connectivity index (χ0n) is 12.1. The summed E-state index contributed by atoms with van der Waals surface area (Å²) in [5.41, 5.74) is 1.28. The van der Waals surface area contributed by atoms with Crippen molar-refractivity contribution in [3.8, 4) is 0 Å². The number of halogens is 1. The van der Waals surface area contributed by atoms with Crippen molar-refractivity contribution >= 4 is 21.6 Å². The Balaban J connectivity index is 2.29. The Labute approximate surface area is 128 Å². The van der Waals surface area contributed by atoms with Gasteiger partial charge in [0.2, 0.25) is 0 Å². The molecule has 0 aliphatic heterocycles. The number of anilines is 1. The molecule has 0 spiro atoms. The maximum atomic E-state index is 13.7. The highest BCUT2D eigenvalue weighted by molar-refractivity contribution is 7.92. The van der Waals surface area contributed by atoms with E-state index in [-0.39, 0.29) is 11.6 Å². The predicted molar refractivity (Wildman–Crippen MR) is 81.8 cm³/mol. The van der Waals surface area contributed by atoms with E-state index in [1.54, 1.807) is 6.92 Å². The molecule has 5 nitrogen and oxygen atoms in total. The minimum absolute atomic E-state index is 0.244. The molecular weight excluding hydrogens is 307 g/mol. The smallest absolute Gasteiger partial charge is 0.264 e. The molecule has 1 amide bonds. The molecule has 0 aliphatic carbocycles. The minimum atomic E-state index is -4.03. The van der Waals surface area contributed by atoms with Crippen molar-refractivity contribution in [3.05, 3.63) is 59.4 Å². The molecule has 0 saturated heterocycles. The van der Waals surface area contributed by atoms with E-state index in [9.17, 15) is 17.6 Å². The molecule has 0 aliphatic rings. The van der Waals surface area contributed by atoms with E-state index in [0.717, 1.165) is 6.07 Å². The standard InChI is InChI=1S/C15H15FN2O3S/c1-10-3-8-13(16)14(9-10)22(20,21)18-12-6-4-11(5-7-12)15(19)17-2/h3-9,18H,1-2H3,(H,17,19). The van der Waals surface area contributed by atoms with E-state index in [1.807, 2.05) is 0 Å². The first-order valence-corrected chi connectivity index (χ1v) is 7.93. The van der Waals surface area contributed by atoms with Gasteiger partial charge in [0.15, 0.2) is 0 Å². The second kappa shape index (κ2) is 6.15. The number of carbonyl (C=O) groups excluding carboxylic acids is 1. The molecule has 0 unspecified atom stereocenters. The highest BCUT2D eigenvalue weighted by Crippen LogP contribution is 2.20. The number of carbonyl (C=O) groups is 1. The van der Waals surface area contributed by atoms with Crippen LogP contribution in [0.15, 0.2) is 47.4 Å². The van der Waals surface area contributed by atoms with Crippen LogP contribution in [-0.2, 0) is 10.0 Å². The Morgan fingerprint density at radius 1 is 1.09 bits per heavy atom. The van der Waals surface area contributed by atoms with Gasteiger partial charge in [0.05, 0.1) is 0 Å². The van der Waals surface area contributed by atoms with Crippen molar-refractivity contribution in [3.63, 3.8) is 0 Å². The van der Waals surface area contributed by atoms with Crippen molar-refractivity contribution in [2.24, 2.45) is 0 Å². The van der Waals surface area contributed by atoms with Crippen LogP contribution in [0.3, 0.4) is 0 Å². The number of amides is 1. The van der Waals surface area contributed by atoms with Crippen LogP contribution in [0, 0.1) is 12.7 Å². The number of benzene rings is 2. The van der Waals surface area contributed by atoms with E-state index < -0.39 is 20.7 Å². The quantitative estimate of drug-likeness (QED) is 0.907. The summed E-state index contributed by atoms with van der Waals surface area (Å²) in [6.07, 6.45) is 0. The molecule has 0 heterocycles. The highest BCUT2D eigenvalue weighted by Gasteiger charge is 2.19. The van der Waals surface area contributed by atoms with E-state index in [2.05, 4.69) is 10.0 Å². The lowest BCUT2D eigenvalue weighted by Gasteiger charge is -2.10. The van der Waals surface area contributed by atoms with E-state index in [1.165, 1.54) is 43.4 Å². The van der Waals surface area contributed by atoms with Crippen LogP contribution in [-0.4, -0.2) is 21.4 Å². The third-order valence-electron chi connectivity index (χ3n) is 3.00. The first-order chi connectivity index (χ1) is 10.3. The SMILES string of the molecule is CNC(=O)c1ccc(NS(=O)(=O)c2cc(C)ccc2F)cc1. The van der Waals surface area contributed by atoms with Crippen LogP contribution in [0.4, 0.5) is 10.1 Å². The summed E-state index contributed by atoms with van der Waals surface area (Å²) in [6.45, 7) is 1.68. The molecule has 116 valence electrons. The third-order valence-corrected chi connectivity index (χ3v) is 4.40. The summed E-state index contributed by atoms with van der Waals surface area (Å²) in [5.74, 6) is -1.10. The van der Waals surface area contributed by atoms with Gasteiger partial charge in [-0.05, 0) is 48.9 Å². The largest absolute Gasteiger partial charge is 0.355 e. The van der Waals surface area contributed by atoms with E-state index in [4.69, 9.17) is 0 Å². The Kier molecular flexibility index (Phi) is 4.46. The van der Waals surface area contributed by atoms with Crippen molar-refractivity contribution in [2.45, 2.75) is 11.8 Å². The van der Waals surface area contributed by atoms with Gasteiger partial charge in [0, 0.05) is 18.3 Å². The normalized spacial score (nSPS) is 11.0. The minimum Gasteiger partial charge on any atom is -0.355 e. The maximum absolute atomic E-state index is 13.7. The number of nitrogens with one attached hydrogen (secondary N) is 2. The van der Waals surface area contributed by atoms with Gasteiger partial charge >= 0.3 is 0 Å². The van der Waals surface area contributed by atoms with Crippen LogP contribution < -0.4 is 10.0 Å². The average Bonchev–Trinajstić information content (AvgIpc) is 2.49. The van der Waals surface area contributed by atoms with Crippen LogP contribution in [0.1, 0.15) is 15.9 Å². The topological polar surface area (TPSA) is 75.3 Å². The van der Waals surface area contributed by atoms with Gasteiger partial charge in [0.25, 0.3) is 15.9 Å². The van der Waals surface area contributed by atoms with Gasteiger partial charge in [0.1, 0.15) is 10.7 Å². The lowest BCUT2D eigenvalue weighted by atomic mass is 10.2. The summed E-state index contributed by atoms with van der Waals surface area (Å²) in [5, 5.41) is 2.46. The fraction of sp³-hybridized carbons (Fsp3) is 0.133. The molecule has 0 fully saturated rings. The molecule has 22 heavy (non-hydrogen) atoms. The molecule has 2 aromatic rings. The first-order valence-electron chi connectivity index (χ1n) is 6.44. The second-order valence-corrected chi connectivity index (χ2v) is 6.35. The number of hydrogen-bond acceptors (Lipinski definition) is 3. The van der Waals surface area contributed by atoms with Gasteiger partial charge < -0.3 is 5.32 Å². The van der Waals surface area contributed by atoms with Crippen molar-refractivity contribution in [2.75, 3.05) is 11.8 Å². The second-order valence-electron chi connectivity index (χ2n) is 4.70.